The predicted octanol–water partition coefficient (Wildman–Crippen LogP) is 4.37. The molecule has 5 nitrogen and oxygen atoms in total. The molecular formula is C13H8Br2N2O3. The molecule has 0 unspecified atom stereocenters. The molecule has 1 N–H and O–H groups in total. The Labute approximate surface area is 131 Å². The van der Waals surface area contributed by atoms with E-state index in [4.69, 9.17) is 0 Å². The van der Waals surface area contributed by atoms with Crippen LogP contribution >= 0.6 is 31.9 Å². The highest BCUT2D eigenvalue weighted by atomic mass is 79.9. The Balaban J connectivity index is 2.23. The summed E-state index contributed by atoms with van der Waals surface area (Å²) in [7, 11) is 0. The van der Waals surface area contributed by atoms with Gasteiger partial charge in [-0.25, -0.2) is 0 Å². The van der Waals surface area contributed by atoms with Gasteiger partial charge in [-0.1, -0.05) is 22.0 Å². The van der Waals surface area contributed by atoms with E-state index in [-0.39, 0.29) is 11.6 Å². The zero-order valence-corrected chi connectivity index (χ0v) is 13.1. The van der Waals surface area contributed by atoms with Gasteiger partial charge in [0.1, 0.15) is 0 Å². The smallest absolute Gasteiger partial charge is 0.271 e. The molecule has 2 rings (SSSR count). The number of nitrogens with one attached hydrogen (secondary N) is 1. The summed E-state index contributed by atoms with van der Waals surface area (Å²) < 4.78 is 1.48. The maximum atomic E-state index is 12.1. The Bertz CT molecular complexity index is 689. The molecule has 20 heavy (non-hydrogen) atoms. The minimum absolute atomic E-state index is 0.0716. The maximum absolute atomic E-state index is 12.1. The van der Waals surface area contributed by atoms with E-state index in [0.717, 1.165) is 4.47 Å². The summed E-state index contributed by atoms with van der Waals surface area (Å²) in [5.41, 5.74) is 0.747. The van der Waals surface area contributed by atoms with Crippen molar-refractivity contribution in [3.05, 3.63) is 67.1 Å². The van der Waals surface area contributed by atoms with E-state index in [0.29, 0.717) is 15.7 Å². The fraction of sp³-hybridized carbons (Fsp3) is 0. The van der Waals surface area contributed by atoms with Crippen LogP contribution in [-0.2, 0) is 0 Å². The van der Waals surface area contributed by atoms with E-state index >= 15 is 0 Å². The highest BCUT2D eigenvalue weighted by Crippen LogP contribution is 2.23. The van der Waals surface area contributed by atoms with Crippen molar-refractivity contribution in [2.45, 2.75) is 0 Å². The number of nitrogens with zero attached hydrogens (tertiary/aromatic N) is 1. The van der Waals surface area contributed by atoms with E-state index in [9.17, 15) is 14.9 Å². The number of anilines is 1. The SMILES string of the molecule is O=C(Nc1cccc([N+](=O)[O-])c1)c1ccc(Br)cc1Br. The monoisotopic (exact) mass is 398 g/mol. The van der Waals surface area contributed by atoms with Gasteiger partial charge in [0.15, 0.2) is 0 Å². The fourth-order valence-electron chi connectivity index (χ4n) is 1.57. The molecule has 0 aromatic heterocycles. The van der Waals surface area contributed by atoms with E-state index in [1.54, 1.807) is 24.3 Å². The van der Waals surface area contributed by atoms with Crippen LogP contribution in [0.1, 0.15) is 10.4 Å². The topological polar surface area (TPSA) is 72.2 Å². The number of amides is 1. The van der Waals surface area contributed by atoms with Gasteiger partial charge in [-0.2, -0.15) is 0 Å². The molecule has 0 fully saturated rings. The summed E-state index contributed by atoms with van der Waals surface area (Å²) in [6.45, 7) is 0. The summed E-state index contributed by atoms with van der Waals surface area (Å²) >= 11 is 6.60. The zero-order valence-electron chi connectivity index (χ0n) is 9.97. The number of halogens is 2. The second kappa shape index (κ2) is 6.15. The van der Waals surface area contributed by atoms with Crippen LogP contribution in [0, 0.1) is 10.1 Å². The van der Waals surface area contributed by atoms with Crippen molar-refractivity contribution in [1.82, 2.24) is 0 Å². The Morgan fingerprint density at radius 3 is 2.55 bits per heavy atom. The normalized spacial score (nSPS) is 10.1. The molecule has 7 heteroatoms. The van der Waals surface area contributed by atoms with Crippen molar-refractivity contribution < 1.29 is 9.72 Å². The van der Waals surface area contributed by atoms with Gasteiger partial charge in [-0.15, -0.1) is 0 Å². The number of carbonyl (C=O) groups is 1. The largest absolute Gasteiger partial charge is 0.322 e. The number of benzene rings is 2. The molecule has 0 saturated carbocycles. The number of carbonyl (C=O) groups excluding carboxylic acids is 1. The molecule has 2 aromatic rings. The van der Waals surface area contributed by atoms with Crippen molar-refractivity contribution in [3.8, 4) is 0 Å². The molecule has 0 radical (unpaired) electrons. The molecule has 0 aliphatic carbocycles. The second-order valence-corrected chi connectivity index (χ2v) is 5.66. The lowest BCUT2D eigenvalue weighted by molar-refractivity contribution is -0.384. The summed E-state index contributed by atoms with van der Waals surface area (Å²) in [6, 6.07) is 10.9. The van der Waals surface area contributed by atoms with Crippen molar-refractivity contribution in [2.24, 2.45) is 0 Å². The number of non-ortho nitro benzene ring substituents is 1. The van der Waals surface area contributed by atoms with Gasteiger partial charge in [-0.05, 0) is 40.2 Å². The molecule has 2 aromatic carbocycles. The minimum Gasteiger partial charge on any atom is -0.322 e. The lowest BCUT2D eigenvalue weighted by Crippen LogP contribution is -2.12. The minimum atomic E-state index is -0.509. The number of hydrogen-bond donors (Lipinski definition) is 1. The van der Waals surface area contributed by atoms with Gasteiger partial charge < -0.3 is 5.32 Å². The zero-order chi connectivity index (χ0) is 14.7. The van der Waals surface area contributed by atoms with Crippen molar-refractivity contribution >= 4 is 49.1 Å². The Hall–Kier alpha value is -1.73. The Morgan fingerprint density at radius 2 is 1.90 bits per heavy atom. The number of nitro benzene ring substituents is 1. The van der Waals surface area contributed by atoms with Crippen molar-refractivity contribution in [2.75, 3.05) is 5.32 Å². The highest BCUT2D eigenvalue weighted by Gasteiger charge is 2.12. The average Bonchev–Trinajstić information content (AvgIpc) is 2.38. The van der Waals surface area contributed by atoms with Crippen molar-refractivity contribution in [1.29, 1.82) is 0 Å². The molecule has 0 aliphatic rings. The molecule has 0 bridgehead atoms. The van der Waals surface area contributed by atoms with Gasteiger partial charge >= 0.3 is 0 Å². The quantitative estimate of drug-likeness (QED) is 0.615. The first-order valence-electron chi connectivity index (χ1n) is 5.48. The van der Waals surface area contributed by atoms with Crippen LogP contribution < -0.4 is 5.32 Å². The van der Waals surface area contributed by atoms with Gasteiger partial charge in [0.2, 0.25) is 0 Å². The Kier molecular flexibility index (Phi) is 4.51. The first-order chi connectivity index (χ1) is 9.47. The maximum Gasteiger partial charge on any atom is 0.271 e. The van der Waals surface area contributed by atoms with Crippen molar-refractivity contribution in [3.63, 3.8) is 0 Å². The number of nitro groups is 1. The fourth-order valence-corrected chi connectivity index (χ4v) is 2.80. The van der Waals surface area contributed by atoms with Crippen LogP contribution in [-0.4, -0.2) is 10.8 Å². The third kappa shape index (κ3) is 3.43. The number of rotatable bonds is 3. The van der Waals surface area contributed by atoms with Gasteiger partial charge in [-0.3, -0.25) is 14.9 Å². The lowest BCUT2D eigenvalue weighted by atomic mass is 10.2. The predicted molar refractivity (Wildman–Crippen MR) is 82.9 cm³/mol. The van der Waals surface area contributed by atoms with E-state index in [1.807, 2.05) is 0 Å². The second-order valence-electron chi connectivity index (χ2n) is 3.89. The average molecular weight is 400 g/mol. The van der Waals surface area contributed by atoms with Crippen LogP contribution in [0.5, 0.6) is 0 Å². The Morgan fingerprint density at radius 1 is 1.15 bits per heavy atom. The molecule has 1 amide bonds. The molecule has 0 spiro atoms. The molecular weight excluding hydrogens is 392 g/mol. The number of hydrogen-bond acceptors (Lipinski definition) is 3. The first kappa shape index (κ1) is 14.7. The summed E-state index contributed by atoms with van der Waals surface area (Å²) in [4.78, 5) is 22.3. The van der Waals surface area contributed by atoms with Crippen LogP contribution in [0.3, 0.4) is 0 Å². The van der Waals surface area contributed by atoms with E-state index < -0.39 is 4.92 Å². The molecule has 0 atom stereocenters. The standard InChI is InChI=1S/C13H8Br2N2O3/c14-8-4-5-11(12(15)6-8)13(18)16-9-2-1-3-10(7-9)17(19)20/h1-7H,(H,16,18). The van der Waals surface area contributed by atoms with Gasteiger partial charge in [0.05, 0.1) is 10.5 Å². The molecule has 0 heterocycles. The summed E-state index contributed by atoms with van der Waals surface area (Å²) in [5, 5.41) is 13.3. The molecule has 0 saturated heterocycles. The van der Waals surface area contributed by atoms with Crippen LogP contribution in [0.2, 0.25) is 0 Å². The van der Waals surface area contributed by atoms with Gasteiger partial charge in [0.25, 0.3) is 11.6 Å². The van der Waals surface area contributed by atoms with Crippen LogP contribution in [0.15, 0.2) is 51.4 Å². The van der Waals surface area contributed by atoms with Crippen LogP contribution in [0.4, 0.5) is 11.4 Å². The van der Waals surface area contributed by atoms with Gasteiger partial charge in [0, 0.05) is 26.8 Å². The lowest BCUT2D eigenvalue weighted by Gasteiger charge is -2.07. The first-order valence-corrected chi connectivity index (χ1v) is 7.07. The summed E-state index contributed by atoms with van der Waals surface area (Å²) in [6.07, 6.45) is 0. The molecule has 0 aliphatic heterocycles. The van der Waals surface area contributed by atoms with E-state index in [1.165, 1.54) is 18.2 Å². The van der Waals surface area contributed by atoms with E-state index in [2.05, 4.69) is 37.2 Å². The third-order valence-electron chi connectivity index (χ3n) is 2.49. The molecule has 102 valence electrons. The van der Waals surface area contributed by atoms with Crippen LogP contribution in [0.25, 0.3) is 0 Å². The highest BCUT2D eigenvalue weighted by molar-refractivity contribution is 9.11. The summed E-state index contributed by atoms with van der Waals surface area (Å²) in [5.74, 6) is -0.343. The third-order valence-corrected chi connectivity index (χ3v) is 3.64.